The summed E-state index contributed by atoms with van der Waals surface area (Å²) in [6.45, 7) is 0.546. The molecule has 0 spiro atoms. The van der Waals surface area contributed by atoms with Crippen molar-refractivity contribution in [3.05, 3.63) is 64.1 Å². The standard InChI is InChI=1S/C16H18BrNO2/c17-14-5-1-13(2-6-14)11-20-16-7-3-12(4-8-16)9-15(18)10-19/h1-8,15,19H,9-11,18H2. The summed E-state index contributed by atoms with van der Waals surface area (Å²) in [5.41, 5.74) is 7.93. The number of nitrogens with two attached hydrogens (primary N) is 1. The maximum atomic E-state index is 8.93. The summed E-state index contributed by atoms with van der Waals surface area (Å²) in [7, 11) is 0. The van der Waals surface area contributed by atoms with Crippen LogP contribution in [0.1, 0.15) is 11.1 Å². The lowest BCUT2D eigenvalue weighted by Crippen LogP contribution is -2.26. The highest BCUT2D eigenvalue weighted by Crippen LogP contribution is 2.16. The zero-order valence-corrected chi connectivity index (χ0v) is 12.7. The fourth-order valence-electron chi connectivity index (χ4n) is 1.84. The minimum Gasteiger partial charge on any atom is -0.489 e. The van der Waals surface area contributed by atoms with E-state index < -0.39 is 0 Å². The Hall–Kier alpha value is -1.36. The molecule has 3 N–H and O–H groups in total. The van der Waals surface area contributed by atoms with Crippen molar-refractivity contribution < 1.29 is 9.84 Å². The maximum absolute atomic E-state index is 8.93. The van der Waals surface area contributed by atoms with Gasteiger partial charge in [0.25, 0.3) is 0 Å². The molecule has 0 saturated carbocycles. The molecule has 0 fully saturated rings. The number of benzene rings is 2. The first-order valence-corrected chi connectivity index (χ1v) is 7.29. The van der Waals surface area contributed by atoms with Gasteiger partial charge in [0.2, 0.25) is 0 Å². The first-order chi connectivity index (χ1) is 9.67. The van der Waals surface area contributed by atoms with Crippen LogP contribution < -0.4 is 10.5 Å². The first-order valence-electron chi connectivity index (χ1n) is 6.50. The summed E-state index contributed by atoms with van der Waals surface area (Å²) in [5, 5.41) is 8.93. The third-order valence-corrected chi connectivity index (χ3v) is 3.50. The highest BCUT2D eigenvalue weighted by Gasteiger charge is 2.03. The fourth-order valence-corrected chi connectivity index (χ4v) is 2.10. The van der Waals surface area contributed by atoms with E-state index in [1.165, 1.54) is 0 Å². The van der Waals surface area contributed by atoms with Gasteiger partial charge in [0.1, 0.15) is 12.4 Å². The number of aliphatic hydroxyl groups excluding tert-OH is 1. The Morgan fingerprint density at radius 3 is 2.20 bits per heavy atom. The second-order valence-electron chi connectivity index (χ2n) is 4.71. The van der Waals surface area contributed by atoms with E-state index in [1.54, 1.807) is 0 Å². The van der Waals surface area contributed by atoms with E-state index in [9.17, 15) is 0 Å². The average Bonchev–Trinajstić information content (AvgIpc) is 2.48. The summed E-state index contributed by atoms with van der Waals surface area (Å²) < 4.78 is 6.78. The van der Waals surface area contributed by atoms with Crippen LogP contribution in [-0.2, 0) is 13.0 Å². The molecule has 2 rings (SSSR count). The van der Waals surface area contributed by atoms with E-state index in [2.05, 4.69) is 15.9 Å². The third-order valence-electron chi connectivity index (χ3n) is 2.97. The van der Waals surface area contributed by atoms with Gasteiger partial charge in [0, 0.05) is 10.5 Å². The summed E-state index contributed by atoms with van der Waals surface area (Å²) in [5.74, 6) is 0.828. The van der Waals surface area contributed by atoms with E-state index in [0.717, 1.165) is 21.3 Å². The van der Waals surface area contributed by atoms with E-state index in [-0.39, 0.29) is 12.6 Å². The Morgan fingerprint density at radius 1 is 1.00 bits per heavy atom. The van der Waals surface area contributed by atoms with Gasteiger partial charge >= 0.3 is 0 Å². The molecule has 0 aliphatic carbocycles. The first kappa shape index (κ1) is 15.0. The molecule has 3 nitrogen and oxygen atoms in total. The quantitative estimate of drug-likeness (QED) is 0.853. The minimum atomic E-state index is -0.204. The van der Waals surface area contributed by atoms with Gasteiger partial charge in [0.15, 0.2) is 0 Å². The number of hydrogen-bond acceptors (Lipinski definition) is 3. The van der Waals surface area contributed by atoms with Crippen molar-refractivity contribution in [3.63, 3.8) is 0 Å². The van der Waals surface area contributed by atoms with Gasteiger partial charge in [-0.2, -0.15) is 0 Å². The lowest BCUT2D eigenvalue weighted by Gasteiger charge is -2.10. The van der Waals surface area contributed by atoms with Gasteiger partial charge in [-0.1, -0.05) is 40.2 Å². The Kier molecular flexibility index (Phi) is 5.59. The molecular formula is C16H18BrNO2. The number of ether oxygens (including phenoxy) is 1. The molecule has 2 aromatic rings. The average molecular weight is 336 g/mol. The van der Waals surface area contributed by atoms with E-state index in [0.29, 0.717) is 13.0 Å². The molecular weight excluding hydrogens is 318 g/mol. The van der Waals surface area contributed by atoms with E-state index in [1.807, 2.05) is 48.5 Å². The van der Waals surface area contributed by atoms with Crippen LogP contribution in [0.5, 0.6) is 5.75 Å². The molecule has 0 saturated heterocycles. The van der Waals surface area contributed by atoms with Crippen molar-refractivity contribution in [2.24, 2.45) is 5.73 Å². The van der Waals surface area contributed by atoms with Gasteiger partial charge in [-0.05, 0) is 41.8 Å². The number of rotatable bonds is 6. The van der Waals surface area contributed by atoms with Gasteiger partial charge < -0.3 is 15.6 Å². The monoisotopic (exact) mass is 335 g/mol. The molecule has 0 radical (unpaired) electrons. The zero-order valence-electron chi connectivity index (χ0n) is 11.1. The van der Waals surface area contributed by atoms with Crippen LogP contribution in [0.15, 0.2) is 53.0 Å². The molecule has 106 valence electrons. The topological polar surface area (TPSA) is 55.5 Å². The smallest absolute Gasteiger partial charge is 0.119 e. The number of halogens is 1. The molecule has 0 amide bonds. The Bertz CT molecular complexity index is 525. The largest absolute Gasteiger partial charge is 0.489 e. The van der Waals surface area contributed by atoms with Gasteiger partial charge in [-0.25, -0.2) is 0 Å². The van der Waals surface area contributed by atoms with Crippen LogP contribution >= 0.6 is 15.9 Å². The molecule has 0 aromatic heterocycles. The summed E-state index contributed by atoms with van der Waals surface area (Å²) in [4.78, 5) is 0. The molecule has 4 heteroatoms. The predicted octanol–water partition coefficient (Wildman–Crippen LogP) is 2.89. The number of hydrogen-bond donors (Lipinski definition) is 2. The van der Waals surface area contributed by atoms with Crippen LogP contribution in [0.25, 0.3) is 0 Å². The molecule has 0 aliphatic heterocycles. The van der Waals surface area contributed by atoms with Gasteiger partial charge in [-0.3, -0.25) is 0 Å². The molecule has 2 aromatic carbocycles. The summed E-state index contributed by atoms with van der Waals surface area (Å²) >= 11 is 3.41. The molecule has 1 unspecified atom stereocenters. The summed E-state index contributed by atoms with van der Waals surface area (Å²) in [6.07, 6.45) is 0.670. The van der Waals surface area contributed by atoms with Crippen LogP contribution in [0.2, 0.25) is 0 Å². The van der Waals surface area contributed by atoms with Crippen LogP contribution in [0.4, 0.5) is 0 Å². The third kappa shape index (κ3) is 4.63. The van der Waals surface area contributed by atoms with Crippen molar-refractivity contribution >= 4 is 15.9 Å². The molecule has 20 heavy (non-hydrogen) atoms. The molecule has 0 heterocycles. The normalized spacial score (nSPS) is 12.2. The van der Waals surface area contributed by atoms with Crippen molar-refractivity contribution in [2.45, 2.75) is 19.1 Å². The fraction of sp³-hybridized carbons (Fsp3) is 0.250. The highest BCUT2D eigenvalue weighted by atomic mass is 79.9. The second kappa shape index (κ2) is 7.43. The second-order valence-corrected chi connectivity index (χ2v) is 5.62. The molecule has 0 bridgehead atoms. The minimum absolute atomic E-state index is 0.00180. The number of aliphatic hydroxyl groups is 1. The molecule has 1 atom stereocenters. The van der Waals surface area contributed by atoms with Crippen molar-refractivity contribution in [2.75, 3.05) is 6.61 Å². The van der Waals surface area contributed by atoms with Gasteiger partial charge in [0.05, 0.1) is 6.61 Å². The Labute approximate surface area is 127 Å². The lowest BCUT2D eigenvalue weighted by molar-refractivity contribution is 0.265. The maximum Gasteiger partial charge on any atom is 0.119 e. The van der Waals surface area contributed by atoms with Crippen LogP contribution in [0, 0.1) is 0 Å². The van der Waals surface area contributed by atoms with Crippen LogP contribution in [-0.4, -0.2) is 17.8 Å². The Morgan fingerprint density at radius 2 is 1.60 bits per heavy atom. The van der Waals surface area contributed by atoms with E-state index >= 15 is 0 Å². The highest BCUT2D eigenvalue weighted by molar-refractivity contribution is 9.10. The van der Waals surface area contributed by atoms with Crippen LogP contribution in [0.3, 0.4) is 0 Å². The van der Waals surface area contributed by atoms with Crippen molar-refractivity contribution in [1.29, 1.82) is 0 Å². The van der Waals surface area contributed by atoms with Crippen molar-refractivity contribution in [3.8, 4) is 5.75 Å². The van der Waals surface area contributed by atoms with Gasteiger partial charge in [-0.15, -0.1) is 0 Å². The summed E-state index contributed by atoms with van der Waals surface area (Å²) in [6, 6.07) is 15.7. The zero-order chi connectivity index (χ0) is 14.4. The van der Waals surface area contributed by atoms with Crippen molar-refractivity contribution in [1.82, 2.24) is 0 Å². The lowest BCUT2D eigenvalue weighted by atomic mass is 10.1. The molecule has 0 aliphatic rings. The predicted molar refractivity (Wildman–Crippen MR) is 83.7 cm³/mol. The Balaban J connectivity index is 1.89. The van der Waals surface area contributed by atoms with E-state index in [4.69, 9.17) is 15.6 Å². The SMILES string of the molecule is NC(CO)Cc1ccc(OCc2ccc(Br)cc2)cc1.